The number of halogens is 3. The maximum Gasteiger partial charge on any atom is 0.176 e. The Balaban J connectivity index is 1.48. The van der Waals surface area contributed by atoms with Gasteiger partial charge in [-0.05, 0) is 78.0 Å². The van der Waals surface area contributed by atoms with Gasteiger partial charge in [0.15, 0.2) is 9.84 Å². The van der Waals surface area contributed by atoms with Crippen molar-refractivity contribution < 1.29 is 22.3 Å². The quantitative estimate of drug-likeness (QED) is 0.380. The van der Waals surface area contributed by atoms with Crippen LogP contribution in [-0.4, -0.2) is 62.4 Å². The first-order valence-corrected chi connectivity index (χ1v) is 15.2. The van der Waals surface area contributed by atoms with Gasteiger partial charge in [-0.25, -0.2) is 17.2 Å². The summed E-state index contributed by atoms with van der Waals surface area (Å²) in [6.45, 7) is 2.64. The summed E-state index contributed by atoms with van der Waals surface area (Å²) in [5.41, 5.74) is 3.68. The zero-order chi connectivity index (χ0) is 27.7. The first-order valence-electron chi connectivity index (χ1n) is 13.0. The summed E-state index contributed by atoms with van der Waals surface area (Å²) in [6.07, 6.45) is 3.33. The largest absolute Gasteiger partial charge is 0.394 e. The van der Waals surface area contributed by atoms with Gasteiger partial charge in [0.2, 0.25) is 0 Å². The SMILES string of the molecule is CS(=O)(=O)C(=C1CN(C(c2ccc(Cl)cc2)c2ccc([C@@H](CO)N3CCCC3)cc2)C1)c1cc(F)cc(F)c1. The molecule has 2 atom stereocenters. The molecule has 0 aromatic heterocycles. The van der Waals surface area contributed by atoms with E-state index in [2.05, 4.69) is 21.9 Å². The van der Waals surface area contributed by atoms with Gasteiger partial charge < -0.3 is 5.11 Å². The van der Waals surface area contributed by atoms with Gasteiger partial charge in [-0.3, -0.25) is 9.80 Å². The minimum atomic E-state index is -3.75. The summed E-state index contributed by atoms with van der Waals surface area (Å²) in [7, 11) is -3.75. The summed E-state index contributed by atoms with van der Waals surface area (Å²) in [5, 5.41) is 10.7. The second kappa shape index (κ2) is 11.5. The molecule has 206 valence electrons. The fourth-order valence-electron chi connectivity index (χ4n) is 5.78. The third-order valence-corrected chi connectivity index (χ3v) is 9.06. The smallest absolute Gasteiger partial charge is 0.176 e. The van der Waals surface area contributed by atoms with Crippen molar-refractivity contribution in [1.82, 2.24) is 9.80 Å². The number of aliphatic hydroxyl groups is 1. The molecule has 0 amide bonds. The maximum atomic E-state index is 14.0. The van der Waals surface area contributed by atoms with Gasteiger partial charge in [0, 0.05) is 30.4 Å². The van der Waals surface area contributed by atoms with Gasteiger partial charge in [-0.2, -0.15) is 0 Å². The topological polar surface area (TPSA) is 60.9 Å². The Kier molecular flexibility index (Phi) is 8.21. The van der Waals surface area contributed by atoms with Gasteiger partial charge in [0.05, 0.1) is 23.6 Å². The van der Waals surface area contributed by atoms with E-state index in [0.29, 0.717) is 23.7 Å². The monoisotopic (exact) mass is 572 g/mol. The van der Waals surface area contributed by atoms with Crippen LogP contribution in [-0.2, 0) is 9.84 Å². The lowest BCUT2D eigenvalue weighted by Crippen LogP contribution is -2.44. The van der Waals surface area contributed by atoms with Crippen molar-refractivity contribution in [2.24, 2.45) is 0 Å². The van der Waals surface area contributed by atoms with E-state index >= 15 is 0 Å². The summed E-state index contributed by atoms with van der Waals surface area (Å²) < 4.78 is 53.4. The van der Waals surface area contributed by atoms with E-state index in [-0.39, 0.29) is 29.2 Å². The normalized spacial score (nSPS) is 18.1. The third-order valence-electron chi connectivity index (χ3n) is 7.55. The molecule has 5 rings (SSSR count). The number of rotatable bonds is 8. The Hall–Kier alpha value is -2.62. The molecule has 2 fully saturated rings. The van der Waals surface area contributed by atoms with Crippen LogP contribution in [0.5, 0.6) is 0 Å². The number of likely N-dealkylation sites (tertiary alicyclic amines) is 2. The van der Waals surface area contributed by atoms with Gasteiger partial charge >= 0.3 is 0 Å². The molecule has 9 heteroatoms. The highest BCUT2D eigenvalue weighted by atomic mass is 35.5. The Labute approximate surface area is 233 Å². The summed E-state index contributed by atoms with van der Waals surface area (Å²) in [5.74, 6) is -1.64. The number of hydrogen-bond donors (Lipinski definition) is 1. The molecule has 2 heterocycles. The van der Waals surface area contributed by atoms with Crippen molar-refractivity contribution >= 4 is 26.3 Å². The molecule has 0 bridgehead atoms. The molecule has 2 aliphatic heterocycles. The number of hydrogen-bond acceptors (Lipinski definition) is 5. The van der Waals surface area contributed by atoms with Crippen LogP contribution in [0.4, 0.5) is 8.78 Å². The van der Waals surface area contributed by atoms with Crippen LogP contribution in [0.2, 0.25) is 5.02 Å². The summed E-state index contributed by atoms with van der Waals surface area (Å²) >= 11 is 6.15. The van der Waals surface area contributed by atoms with E-state index in [0.717, 1.165) is 67.1 Å². The van der Waals surface area contributed by atoms with E-state index < -0.39 is 21.5 Å². The Morgan fingerprint density at radius 3 is 1.90 bits per heavy atom. The fraction of sp³-hybridized carbons (Fsp3) is 0.333. The van der Waals surface area contributed by atoms with Crippen LogP contribution in [0, 0.1) is 11.6 Å². The van der Waals surface area contributed by atoms with Gasteiger partial charge in [-0.15, -0.1) is 0 Å². The molecular formula is C30H31ClF2N2O3S. The van der Waals surface area contributed by atoms with Crippen molar-refractivity contribution in [2.45, 2.75) is 24.9 Å². The lowest BCUT2D eigenvalue weighted by Gasteiger charge is -2.42. The van der Waals surface area contributed by atoms with E-state index in [1.165, 1.54) is 0 Å². The molecule has 39 heavy (non-hydrogen) atoms. The maximum absolute atomic E-state index is 14.0. The van der Waals surface area contributed by atoms with Crippen molar-refractivity contribution in [1.29, 1.82) is 0 Å². The molecule has 3 aromatic carbocycles. The molecule has 0 spiro atoms. The third kappa shape index (κ3) is 6.10. The van der Waals surface area contributed by atoms with Crippen LogP contribution >= 0.6 is 11.6 Å². The van der Waals surface area contributed by atoms with Crippen molar-refractivity contribution in [3.63, 3.8) is 0 Å². The predicted molar refractivity (Wildman–Crippen MR) is 150 cm³/mol. The Morgan fingerprint density at radius 2 is 1.38 bits per heavy atom. The minimum absolute atomic E-state index is 0.0222. The highest BCUT2D eigenvalue weighted by Gasteiger charge is 2.35. The minimum Gasteiger partial charge on any atom is -0.394 e. The average molecular weight is 573 g/mol. The van der Waals surface area contributed by atoms with Gasteiger partial charge in [-0.1, -0.05) is 48.0 Å². The van der Waals surface area contributed by atoms with Crippen LogP contribution in [0.25, 0.3) is 4.91 Å². The summed E-state index contributed by atoms with van der Waals surface area (Å²) in [6, 6.07) is 18.3. The van der Waals surface area contributed by atoms with Crippen LogP contribution < -0.4 is 0 Å². The van der Waals surface area contributed by atoms with Gasteiger partial charge in [0.25, 0.3) is 0 Å². The molecule has 1 N–H and O–H groups in total. The molecule has 0 radical (unpaired) electrons. The molecule has 0 saturated carbocycles. The van der Waals surface area contributed by atoms with Crippen LogP contribution in [0.15, 0.2) is 72.3 Å². The fourth-order valence-corrected chi connectivity index (χ4v) is 7.11. The first kappa shape index (κ1) is 27.9. The Morgan fingerprint density at radius 1 is 0.872 bits per heavy atom. The van der Waals surface area contributed by atoms with Crippen molar-refractivity contribution in [3.05, 3.63) is 111 Å². The van der Waals surface area contributed by atoms with E-state index in [4.69, 9.17) is 11.6 Å². The van der Waals surface area contributed by atoms with E-state index in [1.807, 2.05) is 36.4 Å². The van der Waals surface area contributed by atoms with Gasteiger partial charge in [0.1, 0.15) is 11.6 Å². The molecule has 2 aliphatic rings. The lowest BCUT2D eigenvalue weighted by atomic mass is 9.91. The molecule has 0 aliphatic carbocycles. The average Bonchev–Trinajstić information content (AvgIpc) is 3.38. The van der Waals surface area contributed by atoms with Crippen molar-refractivity contribution in [2.75, 3.05) is 39.0 Å². The molecule has 1 unspecified atom stereocenters. The highest BCUT2D eigenvalue weighted by Crippen LogP contribution is 2.39. The summed E-state index contributed by atoms with van der Waals surface area (Å²) in [4.78, 5) is 4.40. The molecule has 2 saturated heterocycles. The highest BCUT2D eigenvalue weighted by molar-refractivity contribution is 8.00. The molecule has 3 aromatic rings. The second-order valence-electron chi connectivity index (χ2n) is 10.3. The zero-order valence-electron chi connectivity index (χ0n) is 21.7. The molecule has 5 nitrogen and oxygen atoms in total. The number of nitrogens with zero attached hydrogens (tertiary/aromatic N) is 2. The lowest BCUT2D eigenvalue weighted by molar-refractivity contribution is 0.147. The standard InChI is InChI=1S/C30H31ClF2N2O3S/c1-39(37,38)30(23-14-26(32)16-27(33)15-23)24-17-35(18-24)29(22-8-10-25(31)11-9-22)21-6-4-20(5-7-21)28(19-36)34-12-2-3-13-34/h4-11,14-16,28-29,36H,2-3,12-13,17-19H2,1H3/t28-,29?/m1/s1. The Bertz CT molecular complexity index is 1440. The zero-order valence-corrected chi connectivity index (χ0v) is 23.2. The van der Waals surface area contributed by atoms with E-state index in [9.17, 15) is 22.3 Å². The van der Waals surface area contributed by atoms with Crippen LogP contribution in [0.3, 0.4) is 0 Å². The van der Waals surface area contributed by atoms with Crippen LogP contribution in [0.1, 0.15) is 47.2 Å². The number of benzene rings is 3. The molecular weight excluding hydrogens is 542 g/mol. The van der Waals surface area contributed by atoms with Crippen molar-refractivity contribution in [3.8, 4) is 0 Å². The number of aliphatic hydroxyl groups excluding tert-OH is 1. The second-order valence-corrected chi connectivity index (χ2v) is 12.7. The number of sulfone groups is 1. The van der Waals surface area contributed by atoms with E-state index in [1.54, 1.807) is 0 Å². The first-order chi connectivity index (χ1) is 18.6. The predicted octanol–water partition coefficient (Wildman–Crippen LogP) is 5.61.